The Hall–Kier alpha value is -2.59. The summed E-state index contributed by atoms with van der Waals surface area (Å²) in [5.74, 6) is -0.180. The molecular weight excluding hydrogens is 344 g/mol. The highest BCUT2D eigenvalue weighted by Gasteiger charge is 2.24. The SMILES string of the molecule is N#CCCCCCNC(=O)[C@H](Cc1ccccc1)NC(=O)N1CCOCC1. The fraction of sp³-hybridized carbons (Fsp3) is 0.550. The molecule has 27 heavy (non-hydrogen) atoms. The van der Waals surface area contributed by atoms with Crippen LogP contribution in [0.3, 0.4) is 0 Å². The third-order valence-electron chi connectivity index (χ3n) is 4.46. The summed E-state index contributed by atoms with van der Waals surface area (Å²) in [6, 6.07) is 10.9. The molecule has 1 atom stereocenters. The van der Waals surface area contributed by atoms with Crippen LogP contribution in [0.4, 0.5) is 4.79 Å². The number of nitrogens with zero attached hydrogens (tertiary/aromatic N) is 2. The van der Waals surface area contributed by atoms with Crippen LogP contribution in [0, 0.1) is 11.3 Å². The van der Waals surface area contributed by atoms with Gasteiger partial charge < -0.3 is 20.3 Å². The largest absolute Gasteiger partial charge is 0.378 e. The quantitative estimate of drug-likeness (QED) is 0.647. The van der Waals surface area contributed by atoms with Crippen molar-refractivity contribution in [2.75, 3.05) is 32.8 Å². The number of carbonyl (C=O) groups is 2. The lowest BCUT2D eigenvalue weighted by atomic mass is 10.1. The first-order chi connectivity index (χ1) is 13.2. The van der Waals surface area contributed by atoms with E-state index in [1.165, 1.54) is 0 Å². The zero-order chi connectivity index (χ0) is 19.3. The van der Waals surface area contributed by atoms with Crippen molar-refractivity contribution in [2.45, 2.75) is 38.1 Å². The van der Waals surface area contributed by atoms with Gasteiger partial charge in [-0.2, -0.15) is 5.26 Å². The average molecular weight is 372 g/mol. The van der Waals surface area contributed by atoms with Gasteiger partial charge in [0.1, 0.15) is 6.04 Å². The Morgan fingerprint density at radius 2 is 1.89 bits per heavy atom. The average Bonchev–Trinajstić information content (AvgIpc) is 2.71. The van der Waals surface area contributed by atoms with E-state index in [1.54, 1.807) is 4.90 Å². The maximum Gasteiger partial charge on any atom is 0.318 e. The lowest BCUT2D eigenvalue weighted by Gasteiger charge is -2.29. The molecule has 1 aromatic rings. The monoisotopic (exact) mass is 372 g/mol. The Kier molecular flexibility index (Phi) is 9.14. The highest BCUT2D eigenvalue weighted by Crippen LogP contribution is 2.06. The number of carbonyl (C=O) groups excluding carboxylic acids is 2. The summed E-state index contributed by atoms with van der Waals surface area (Å²) in [4.78, 5) is 26.8. The van der Waals surface area contributed by atoms with Crippen molar-refractivity contribution >= 4 is 11.9 Å². The predicted octanol–water partition coefficient (Wildman–Crippen LogP) is 1.84. The van der Waals surface area contributed by atoms with E-state index in [-0.39, 0.29) is 11.9 Å². The molecule has 0 spiro atoms. The Bertz CT molecular complexity index is 624. The van der Waals surface area contributed by atoms with Crippen molar-refractivity contribution < 1.29 is 14.3 Å². The van der Waals surface area contributed by atoms with Gasteiger partial charge in [0, 0.05) is 32.5 Å². The first-order valence-electron chi connectivity index (χ1n) is 9.52. The van der Waals surface area contributed by atoms with Crippen LogP contribution in [-0.2, 0) is 16.0 Å². The second-order valence-electron chi connectivity index (χ2n) is 6.55. The van der Waals surface area contributed by atoms with Gasteiger partial charge in [0.25, 0.3) is 0 Å². The van der Waals surface area contributed by atoms with E-state index in [4.69, 9.17) is 10.00 Å². The van der Waals surface area contributed by atoms with Gasteiger partial charge in [-0.3, -0.25) is 4.79 Å². The van der Waals surface area contributed by atoms with E-state index in [2.05, 4.69) is 16.7 Å². The summed E-state index contributed by atoms with van der Waals surface area (Å²) in [6.07, 6.45) is 3.55. The number of nitriles is 1. The number of unbranched alkanes of at least 4 members (excludes halogenated alkanes) is 3. The Labute approximate surface area is 160 Å². The smallest absolute Gasteiger partial charge is 0.318 e. The van der Waals surface area contributed by atoms with Gasteiger partial charge in [0.15, 0.2) is 0 Å². The molecule has 1 aromatic carbocycles. The summed E-state index contributed by atoms with van der Waals surface area (Å²) < 4.78 is 5.27. The van der Waals surface area contributed by atoms with Crippen LogP contribution in [0.5, 0.6) is 0 Å². The predicted molar refractivity (Wildman–Crippen MR) is 102 cm³/mol. The van der Waals surface area contributed by atoms with Crippen molar-refractivity contribution in [3.05, 3.63) is 35.9 Å². The number of rotatable bonds is 9. The highest BCUT2D eigenvalue weighted by molar-refractivity contribution is 5.87. The zero-order valence-electron chi connectivity index (χ0n) is 15.7. The van der Waals surface area contributed by atoms with E-state index < -0.39 is 6.04 Å². The number of urea groups is 1. The highest BCUT2D eigenvalue weighted by atomic mass is 16.5. The van der Waals surface area contributed by atoms with E-state index in [0.29, 0.717) is 45.7 Å². The molecule has 7 nitrogen and oxygen atoms in total. The van der Waals surface area contributed by atoms with Gasteiger partial charge in [-0.05, 0) is 18.4 Å². The van der Waals surface area contributed by atoms with Gasteiger partial charge >= 0.3 is 6.03 Å². The molecule has 0 aliphatic carbocycles. The topological polar surface area (TPSA) is 94.5 Å². The van der Waals surface area contributed by atoms with Crippen molar-refractivity contribution in [3.8, 4) is 6.07 Å². The number of hydrogen-bond donors (Lipinski definition) is 2. The maximum atomic E-state index is 12.6. The van der Waals surface area contributed by atoms with Crippen LogP contribution in [-0.4, -0.2) is 55.7 Å². The number of morpholine rings is 1. The van der Waals surface area contributed by atoms with E-state index in [0.717, 1.165) is 24.8 Å². The van der Waals surface area contributed by atoms with Crippen LogP contribution in [0.25, 0.3) is 0 Å². The summed E-state index contributed by atoms with van der Waals surface area (Å²) in [7, 11) is 0. The molecule has 2 N–H and O–H groups in total. The maximum absolute atomic E-state index is 12.6. The number of nitrogens with one attached hydrogen (secondary N) is 2. The van der Waals surface area contributed by atoms with Crippen LogP contribution in [0.2, 0.25) is 0 Å². The number of ether oxygens (including phenoxy) is 1. The number of benzene rings is 1. The minimum absolute atomic E-state index is 0.180. The summed E-state index contributed by atoms with van der Waals surface area (Å²) in [5, 5.41) is 14.3. The lowest BCUT2D eigenvalue weighted by Crippen LogP contribution is -2.54. The summed E-state index contributed by atoms with van der Waals surface area (Å²) in [5.41, 5.74) is 0.994. The van der Waals surface area contributed by atoms with Crippen molar-refractivity contribution in [2.24, 2.45) is 0 Å². The molecule has 0 radical (unpaired) electrons. The fourth-order valence-electron chi connectivity index (χ4n) is 2.91. The lowest BCUT2D eigenvalue weighted by molar-refractivity contribution is -0.123. The van der Waals surface area contributed by atoms with Crippen LogP contribution < -0.4 is 10.6 Å². The molecule has 1 aliphatic heterocycles. The first kappa shape index (κ1) is 20.7. The van der Waals surface area contributed by atoms with Crippen LogP contribution in [0.1, 0.15) is 31.2 Å². The van der Waals surface area contributed by atoms with Crippen molar-refractivity contribution in [1.29, 1.82) is 5.26 Å². The summed E-state index contributed by atoms with van der Waals surface area (Å²) >= 11 is 0. The molecule has 0 bridgehead atoms. The normalized spacial score (nSPS) is 14.9. The minimum atomic E-state index is -0.623. The molecule has 1 heterocycles. The van der Waals surface area contributed by atoms with Crippen molar-refractivity contribution in [3.63, 3.8) is 0 Å². The Balaban J connectivity index is 1.89. The fourth-order valence-corrected chi connectivity index (χ4v) is 2.91. The van der Waals surface area contributed by atoms with E-state index >= 15 is 0 Å². The Morgan fingerprint density at radius 1 is 1.15 bits per heavy atom. The second-order valence-corrected chi connectivity index (χ2v) is 6.55. The molecule has 0 unspecified atom stereocenters. The molecule has 2 rings (SSSR count). The minimum Gasteiger partial charge on any atom is -0.378 e. The third-order valence-corrected chi connectivity index (χ3v) is 4.46. The first-order valence-corrected chi connectivity index (χ1v) is 9.52. The van der Waals surface area contributed by atoms with Gasteiger partial charge in [-0.25, -0.2) is 4.79 Å². The molecule has 1 fully saturated rings. The molecular formula is C20H28N4O3. The standard InChI is InChI=1S/C20H28N4O3/c21-10-6-1-2-7-11-22-19(25)18(16-17-8-4-3-5-9-17)23-20(26)24-12-14-27-15-13-24/h3-5,8-9,18H,1-2,6-7,11-16H2,(H,22,25)(H,23,26)/t18-/m0/s1. The number of amides is 3. The Morgan fingerprint density at radius 3 is 2.59 bits per heavy atom. The van der Waals surface area contributed by atoms with E-state index in [9.17, 15) is 9.59 Å². The molecule has 7 heteroatoms. The molecule has 0 saturated carbocycles. The van der Waals surface area contributed by atoms with Crippen LogP contribution >= 0.6 is 0 Å². The third kappa shape index (κ3) is 7.67. The number of hydrogen-bond acceptors (Lipinski definition) is 4. The zero-order valence-corrected chi connectivity index (χ0v) is 15.7. The van der Waals surface area contributed by atoms with Gasteiger partial charge in [0.05, 0.1) is 19.3 Å². The van der Waals surface area contributed by atoms with Gasteiger partial charge in [-0.15, -0.1) is 0 Å². The molecule has 146 valence electrons. The van der Waals surface area contributed by atoms with E-state index in [1.807, 2.05) is 30.3 Å². The summed E-state index contributed by atoms with van der Waals surface area (Å²) in [6.45, 7) is 2.65. The van der Waals surface area contributed by atoms with Crippen molar-refractivity contribution in [1.82, 2.24) is 15.5 Å². The molecule has 1 saturated heterocycles. The van der Waals surface area contributed by atoms with Crippen LogP contribution in [0.15, 0.2) is 30.3 Å². The van der Waals surface area contributed by atoms with Gasteiger partial charge in [0.2, 0.25) is 5.91 Å². The molecule has 3 amide bonds. The molecule has 1 aliphatic rings. The van der Waals surface area contributed by atoms with Gasteiger partial charge in [-0.1, -0.05) is 36.8 Å². The second kappa shape index (κ2) is 11.9. The molecule has 0 aromatic heterocycles.